The summed E-state index contributed by atoms with van der Waals surface area (Å²) in [5.74, 6) is 0. The molecule has 0 saturated carbocycles. The van der Waals surface area contributed by atoms with Crippen molar-refractivity contribution >= 4 is 80.6 Å². The second-order valence-corrected chi connectivity index (χ2v) is 7.37. The minimum absolute atomic E-state index is 0.653. The van der Waals surface area contributed by atoms with E-state index in [9.17, 15) is 0 Å². The molecule has 0 aliphatic rings. The topological polar surface area (TPSA) is 38.7 Å². The Labute approximate surface area is 145 Å². The van der Waals surface area contributed by atoms with Crippen molar-refractivity contribution < 1.29 is 0 Å². The minimum atomic E-state index is 0.653. The zero-order chi connectivity index (χ0) is 14.6. The van der Waals surface area contributed by atoms with E-state index in [4.69, 9.17) is 0 Å². The van der Waals surface area contributed by atoms with Gasteiger partial charge in [-0.1, -0.05) is 37.9 Å². The van der Waals surface area contributed by atoms with Gasteiger partial charge < -0.3 is 0 Å². The van der Waals surface area contributed by atoms with Gasteiger partial charge in [-0.05, 0) is 46.3 Å². The summed E-state index contributed by atoms with van der Waals surface area (Å²) in [6, 6.07) is 12.1. The highest BCUT2D eigenvalue weighted by Gasteiger charge is 2.09. The number of hydrogen-bond acceptors (Lipinski definition) is 3. The minimum Gasteiger partial charge on any atom is -0.225 e. The maximum absolute atomic E-state index is 4.64. The summed E-state index contributed by atoms with van der Waals surface area (Å²) >= 11 is 10.5. The van der Waals surface area contributed by atoms with Gasteiger partial charge in [-0.3, -0.25) is 0 Å². The van der Waals surface area contributed by atoms with E-state index in [0.29, 0.717) is 5.65 Å². The van der Waals surface area contributed by atoms with Crippen molar-refractivity contribution in [3.05, 3.63) is 49.8 Å². The zero-order valence-electron chi connectivity index (χ0n) is 10.4. The number of nitrogens with zero attached hydrogens (tertiary/aromatic N) is 3. The fraction of sp³-hybridized carbons (Fsp3) is 0. The summed E-state index contributed by atoms with van der Waals surface area (Å²) in [4.78, 5) is 4.64. The van der Waals surface area contributed by atoms with Gasteiger partial charge in [0.1, 0.15) is 0 Å². The van der Waals surface area contributed by atoms with Gasteiger partial charge in [-0.25, -0.2) is 4.98 Å². The summed E-state index contributed by atoms with van der Waals surface area (Å²) in [6.45, 7) is 0. The highest BCUT2D eigenvalue weighted by atomic mass is 79.9. The second kappa shape index (κ2) is 4.97. The van der Waals surface area contributed by atoms with Gasteiger partial charge in [0.2, 0.25) is 0 Å². The first-order valence-corrected chi connectivity index (χ1v) is 8.51. The lowest BCUT2D eigenvalue weighted by molar-refractivity contribution is 1.10. The second-order valence-electron chi connectivity index (χ2n) is 4.68. The molecule has 2 aromatic heterocycles. The number of aromatic nitrogens is 3. The van der Waals surface area contributed by atoms with Gasteiger partial charge in [0.25, 0.3) is 0 Å². The van der Waals surface area contributed by atoms with E-state index in [0.717, 1.165) is 40.6 Å². The molecule has 0 unspecified atom stereocenters. The average Bonchev–Trinajstić information content (AvgIpc) is 2.45. The SMILES string of the molecule is Brc1cc(Br)c2nc3nnc4cc(Br)ccc4c3cc2c1. The first-order valence-electron chi connectivity index (χ1n) is 6.13. The van der Waals surface area contributed by atoms with E-state index in [1.54, 1.807) is 0 Å². The van der Waals surface area contributed by atoms with Gasteiger partial charge in [-0.2, -0.15) is 0 Å². The lowest BCUT2D eigenvalue weighted by Crippen LogP contribution is -1.92. The predicted molar refractivity (Wildman–Crippen MR) is 95.4 cm³/mol. The Morgan fingerprint density at radius 2 is 1.62 bits per heavy atom. The molecule has 0 aliphatic heterocycles. The number of hydrogen-bond donors (Lipinski definition) is 0. The summed E-state index contributed by atoms with van der Waals surface area (Å²) in [5, 5.41) is 11.6. The highest BCUT2D eigenvalue weighted by molar-refractivity contribution is 9.11. The highest BCUT2D eigenvalue weighted by Crippen LogP contribution is 2.31. The van der Waals surface area contributed by atoms with E-state index in [2.05, 4.69) is 75.1 Å². The fourth-order valence-electron chi connectivity index (χ4n) is 2.39. The molecule has 0 aliphatic carbocycles. The van der Waals surface area contributed by atoms with E-state index in [1.807, 2.05) is 24.3 Å². The van der Waals surface area contributed by atoms with E-state index in [1.165, 1.54) is 0 Å². The van der Waals surface area contributed by atoms with Crippen molar-refractivity contribution in [3.8, 4) is 0 Å². The molecule has 0 fully saturated rings. The van der Waals surface area contributed by atoms with Crippen molar-refractivity contribution in [2.75, 3.05) is 0 Å². The van der Waals surface area contributed by atoms with Crippen LogP contribution in [0.3, 0.4) is 0 Å². The largest absolute Gasteiger partial charge is 0.225 e. The van der Waals surface area contributed by atoms with Crippen LogP contribution in [0.15, 0.2) is 49.8 Å². The predicted octanol–water partition coefficient (Wildman–Crippen LogP) is 5.62. The first kappa shape index (κ1) is 13.5. The van der Waals surface area contributed by atoms with Crippen molar-refractivity contribution in [3.63, 3.8) is 0 Å². The molecule has 3 nitrogen and oxygen atoms in total. The molecule has 6 heteroatoms. The van der Waals surface area contributed by atoms with Gasteiger partial charge >= 0.3 is 0 Å². The van der Waals surface area contributed by atoms with Crippen LogP contribution in [0.5, 0.6) is 0 Å². The van der Waals surface area contributed by atoms with Gasteiger partial charge in [0.05, 0.1) is 11.0 Å². The molecule has 0 atom stereocenters. The Morgan fingerprint density at radius 1 is 0.762 bits per heavy atom. The molecule has 0 saturated heterocycles. The van der Waals surface area contributed by atoms with Crippen LogP contribution in [0.1, 0.15) is 0 Å². The summed E-state index contributed by atoms with van der Waals surface area (Å²) in [5.41, 5.74) is 2.39. The molecule has 4 aromatic rings. The molecule has 0 radical (unpaired) electrons. The molecule has 2 aromatic carbocycles. The summed E-state index contributed by atoms with van der Waals surface area (Å²) in [7, 11) is 0. The lowest BCUT2D eigenvalue weighted by Gasteiger charge is -2.06. The molecule has 0 spiro atoms. The smallest absolute Gasteiger partial charge is 0.183 e. The Kier molecular flexibility index (Phi) is 3.20. The van der Waals surface area contributed by atoms with Gasteiger partial charge in [0, 0.05) is 29.6 Å². The molecule has 0 amide bonds. The standard InChI is InChI=1S/C15H6Br3N3/c16-8-1-2-10-11-4-7-3-9(17)5-12(18)14(7)19-15(11)21-20-13(10)6-8/h1-6H. The maximum atomic E-state index is 4.64. The van der Waals surface area contributed by atoms with Gasteiger partial charge in [-0.15, -0.1) is 10.2 Å². The number of halogens is 3. The van der Waals surface area contributed by atoms with Crippen LogP contribution in [-0.2, 0) is 0 Å². The van der Waals surface area contributed by atoms with Crippen LogP contribution in [0.4, 0.5) is 0 Å². The third-order valence-electron chi connectivity index (χ3n) is 3.32. The molecule has 2 heterocycles. The van der Waals surface area contributed by atoms with Gasteiger partial charge in [0.15, 0.2) is 5.65 Å². The van der Waals surface area contributed by atoms with E-state index in [-0.39, 0.29) is 0 Å². The quantitative estimate of drug-likeness (QED) is 0.249. The number of benzene rings is 2. The normalized spacial score (nSPS) is 11.6. The van der Waals surface area contributed by atoms with Crippen LogP contribution in [-0.4, -0.2) is 15.2 Å². The van der Waals surface area contributed by atoms with Crippen LogP contribution in [0, 0.1) is 0 Å². The Hall–Kier alpha value is -1.11. The molecule has 0 N–H and O–H groups in total. The number of rotatable bonds is 0. The van der Waals surface area contributed by atoms with Crippen LogP contribution in [0.25, 0.3) is 32.8 Å². The third-order valence-corrected chi connectivity index (χ3v) is 4.87. The van der Waals surface area contributed by atoms with Crippen molar-refractivity contribution in [2.24, 2.45) is 0 Å². The number of fused-ring (bicyclic) bond motifs is 4. The monoisotopic (exact) mass is 465 g/mol. The zero-order valence-corrected chi connectivity index (χ0v) is 15.2. The molecule has 0 bridgehead atoms. The maximum Gasteiger partial charge on any atom is 0.183 e. The average molecular weight is 468 g/mol. The van der Waals surface area contributed by atoms with Crippen LogP contribution < -0.4 is 0 Å². The Morgan fingerprint density at radius 3 is 2.48 bits per heavy atom. The van der Waals surface area contributed by atoms with Crippen molar-refractivity contribution in [2.45, 2.75) is 0 Å². The van der Waals surface area contributed by atoms with Crippen molar-refractivity contribution in [1.82, 2.24) is 15.2 Å². The Balaban J connectivity index is 2.20. The molecule has 102 valence electrons. The number of pyridine rings is 1. The lowest BCUT2D eigenvalue weighted by atomic mass is 10.1. The molecular weight excluding hydrogens is 462 g/mol. The van der Waals surface area contributed by atoms with E-state index >= 15 is 0 Å². The Bertz CT molecular complexity index is 1030. The third kappa shape index (κ3) is 2.25. The van der Waals surface area contributed by atoms with Crippen LogP contribution in [0.2, 0.25) is 0 Å². The van der Waals surface area contributed by atoms with Crippen LogP contribution >= 0.6 is 47.8 Å². The van der Waals surface area contributed by atoms with Crippen molar-refractivity contribution in [1.29, 1.82) is 0 Å². The summed E-state index contributed by atoms with van der Waals surface area (Å²) in [6.07, 6.45) is 0. The fourth-order valence-corrected chi connectivity index (χ4v) is 4.09. The summed E-state index contributed by atoms with van der Waals surface area (Å²) < 4.78 is 2.94. The molecule has 21 heavy (non-hydrogen) atoms. The molecular formula is C15H6Br3N3. The molecule has 4 rings (SSSR count). The first-order chi connectivity index (χ1) is 10.1. The van der Waals surface area contributed by atoms with E-state index < -0.39 is 0 Å².